The normalized spacial score (nSPS) is 23.1. The molecule has 0 aromatic carbocycles. The zero-order valence-electron chi connectivity index (χ0n) is 9.48. The molecule has 3 nitrogen and oxygen atoms in total. The number of amides is 1. The van der Waals surface area contributed by atoms with Gasteiger partial charge in [0.2, 0.25) is 5.91 Å². The Kier molecular flexibility index (Phi) is 4.49. The van der Waals surface area contributed by atoms with Crippen LogP contribution in [0.3, 0.4) is 0 Å². The monoisotopic (exact) mass is 342 g/mol. The molecule has 1 atom stereocenters. The highest BCUT2D eigenvalue weighted by Gasteiger charge is 2.35. The summed E-state index contributed by atoms with van der Waals surface area (Å²) in [7, 11) is 0. The van der Waals surface area contributed by atoms with E-state index in [1.165, 1.54) is 6.08 Å². The van der Waals surface area contributed by atoms with E-state index in [-0.39, 0.29) is 5.91 Å². The van der Waals surface area contributed by atoms with Crippen LogP contribution < -0.4 is 5.32 Å². The van der Waals surface area contributed by atoms with Gasteiger partial charge in [-0.3, -0.25) is 4.79 Å². The summed E-state index contributed by atoms with van der Waals surface area (Å²) in [6.07, 6.45) is 3.96. The molecule has 0 bridgehead atoms. The number of nitriles is 1. The van der Waals surface area contributed by atoms with E-state index >= 15 is 0 Å². The summed E-state index contributed by atoms with van der Waals surface area (Å²) in [5, 5.41) is 13.9. The van der Waals surface area contributed by atoms with Crippen LogP contribution >= 0.6 is 39.0 Å². The molecule has 1 aromatic rings. The number of nitrogens with zero attached hydrogens (tertiary/aromatic N) is 1. The molecule has 1 fully saturated rings. The smallest absolute Gasteiger partial charge is 0.245 e. The van der Waals surface area contributed by atoms with Crippen LogP contribution in [0.1, 0.15) is 12.0 Å². The Morgan fingerprint density at radius 2 is 2.50 bits per heavy atom. The van der Waals surface area contributed by atoms with Crippen molar-refractivity contribution in [2.45, 2.75) is 12.0 Å². The van der Waals surface area contributed by atoms with Crippen LogP contribution in [0.5, 0.6) is 0 Å². The van der Waals surface area contributed by atoms with Crippen molar-refractivity contribution in [2.24, 2.45) is 0 Å². The van der Waals surface area contributed by atoms with Crippen molar-refractivity contribution >= 4 is 51.0 Å². The first-order valence-electron chi connectivity index (χ1n) is 5.37. The Hall–Kier alpha value is -0.770. The molecule has 1 aliphatic heterocycles. The van der Waals surface area contributed by atoms with E-state index < -0.39 is 5.54 Å². The van der Waals surface area contributed by atoms with Crippen molar-refractivity contribution in [2.75, 3.05) is 11.5 Å². The molecule has 1 unspecified atom stereocenters. The molecular weight excluding hydrogens is 332 g/mol. The number of carbonyl (C=O) groups excluding carboxylic acids is 1. The van der Waals surface area contributed by atoms with Gasteiger partial charge in [-0.15, -0.1) is 11.3 Å². The fourth-order valence-electron chi connectivity index (χ4n) is 1.64. The first kappa shape index (κ1) is 13.7. The molecule has 6 heteroatoms. The molecule has 0 aliphatic carbocycles. The molecule has 1 amide bonds. The Morgan fingerprint density at radius 3 is 3.06 bits per heavy atom. The molecule has 0 radical (unpaired) electrons. The van der Waals surface area contributed by atoms with Gasteiger partial charge in [-0.25, -0.2) is 0 Å². The Morgan fingerprint density at radius 1 is 1.67 bits per heavy atom. The van der Waals surface area contributed by atoms with Crippen molar-refractivity contribution in [3.8, 4) is 6.07 Å². The molecular formula is C12H11BrN2OS2. The minimum atomic E-state index is -0.679. The minimum absolute atomic E-state index is 0.207. The number of carbonyl (C=O) groups is 1. The lowest BCUT2D eigenvalue weighted by atomic mass is 10.0. The fraction of sp³-hybridized carbons (Fsp3) is 0.333. The third-order valence-corrected chi connectivity index (χ3v) is 5.33. The maximum Gasteiger partial charge on any atom is 0.245 e. The Bertz CT molecular complexity index is 512. The molecule has 1 aliphatic rings. The number of rotatable bonds is 3. The highest BCUT2D eigenvalue weighted by atomic mass is 79.9. The fourth-order valence-corrected chi connectivity index (χ4v) is 4.05. The van der Waals surface area contributed by atoms with E-state index in [0.717, 1.165) is 21.5 Å². The molecule has 2 heterocycles. The quantitative estimate of drug-likeness (QED) is 0.859. The van der Waals surface area contributed by atoms with Crippen molar-refractivity contribution in [1.82, 2.24) is 5.32 Å². The summed E-state index contributed by atoms with van der Waals surface area (Å²) in [5.74, 6) is 1.39. The summed E-state index contributed by atoms with van der Waals surface area (Å²) in [4.78, 5) is 11.8. The van der Waals surface area contributed by atoms with Crippen molar-refractivity contribution in [3.05, 3.63) is 26.9 Å². The molecule has 18 heavy (non-hydrogen) atoms. The van der Waals surface area contributed by atoms with Gasteiger partial charge < -0.3 is 5.32 Å². The summed E-state index contributed by atoms with van der Waals surface area (Å²) in [6, 6.07) is 4.16. The summed E-state index contributed by atoms with van der Waals surface area (Å²) in [5.41, 5.74) is 0.301. The van der Waals surface area contributed by atoms with Gasteiger partial charge in [0.15, 0.2) is 0 Å². The van der Waals surface area contributed by atoms with E-state index in [2.05, 4.69) is 27.3 Å². The average Bonchev–Trinajstić information content (AvgIpc) is 2.97. The number of thioether (sulfide) groups is 1. The Balaban J connectivity index is 1.96. The third-order valence-electron chi connectivity index (χ3n) is 2.61. The second-order valence-corrected chi connectivity index (χ2v) is 7.40. The average molecular weight is 343 g/mol. The predicted molar refractivity (Wildman–Crippen MR) is 79.5 cm³/mol. The van der Waals surface area contributed by atoms with E-state index in [0.29, 0.717) is 5.75 Å². The maximum absolute atomic E-state index is 11.8. The minimum Gasteiger partial charge on any atom is -0.333 e. The first-order chi connectivity index (χ1) is 8.63. The van der Waals surface area contributed by atoms with Crippen LogP contribution in [-0.4, -0.2) is 23.0 Å². The lowest BCUT2D eigenvalue weighted by Gasteiger charge is -2.19. The van der Waals surface area contributed by atoms with Crippen LogP contribution in [0.2, 0.25) is 0 Å². The number of halogens is 1. The second-order valence-electron chi connectivity index (χ2n) is 4.00. The van der Waals surface area contributed by atoms with Crippen molar-refractivity contribution < 1.29 is 4.79 Å². The SMILES string of the molecule is N#CC1(NC(=O)/C=C/c2csc(Br)c2)CCSC1. The second kappa shape index (κ2) is 5.91. The van der Waals surface area contributed by atoms with Gasteiger partial charge in [0.25, 0.3) is 0 Å². The van der Waals surface area contributed by atoms with Gasteiger partial charge in [0.1, 0.15) is 5.54 Å². The molecule has 1 saturated heterocycles. The number of hydrogen-bond acceptors (Lipinski definition) is 4. The molecule has 2 rings (SSSR count). The van der Waals surface area contributed by atoms with E-state index in [1.54, 1.807) is 29.2 Å². The lowest BCUT2D eigenvalue weighted by molar-refractivity contribution is -0.117. The van der Waals surface area contributed by atoms with Gasteiger partial charge in [0.05, 0.1) is 9.86 Å². The summed E-state index contributed by atoms with van der Waals surface area (Å²) < 4.78 is 1.03. The highest BCUT2D eigenvalue weighted by Crippen LogP contribution is 2.27. The van der Waals surface area contributed by atoms with Crippen molar-refractivity contribution in [1.29, 1.82) is 5.26 Å². The van der Waals surface area contributed by atoms with Gasteiger partial charge in [-0.2, -0.15) is 17.0 Å². The maximum atomic E-state index is 11.8. The molecule has 1 aromatic heterocycles. The number of hydrogen-bond donors (Lipinski definition) is 1. The molecule has 94 valence electrons. The first-order valence-corrected chi connectivity index (χ1v) is 8.20. The third kappa shape index (κ3) is 3.37. The Labute approximate surface area is 122 Å². The van der Waals surface area contributed by atoms with Crippen LogP contribution in [0.15, 0.2) is 21.3 Å². The highest BCUT2D eigenvalue weighted by molar-refractivity contribution is 9.11. The van der Waals surface area contributed by atoms with Gasteiger partial charge in [0, 0.05) is 11.8 Å². The number of nitrogens with one attached hydrogen (secondary N) is 1. The summed E-state index contributed by atoms with van der Waals surface area (Å²) >= 11 is 6.64. The van der Waals surface area contributed by atoms with Crippen LogP contribution in [-0.2, 0) is 4.79 Å². The largest absolute Gasteiger partial charge is 0.333 e. The zero-order chi connectivity index (χ0) is 13.0. The van der Waals surface area contributed by atoms with E-state index in [9.17, 15) is 4.79 Å². The predicted octanol–water partition coefficient (Wildman–Crippen LogP) is 3.04. The molecule has 0 spiro atoms. The lowest BCUT2D eigenvalue weighted by Crippen LogP contribution is -2.46. The van der Waals surface area contributed by atoms with Gasteiger partial charge in [-0.05, 0) is 51.2 Å². The zero-order valence-corrected chi connectivity index (χ0v) is 12.7. The van der Waals surface area contributed by atoms with Crippen LogP contribution in [0.25, 0.3) is 6.08 Å². The van der Waals surface area contributed by atoms with E-state index in [1.807, 2.05) is 11.4 Å². The van der Waals surface area contributed by atoms with Gasteiger partial charge >= 0.3 is 0 Å². The summed E-state index contributed by atoms with van der Waals surface area (Å²) in [6.45, 7) is 0. The van der Waals surface area contributed by atoms with Gasteiger partial charge in [-0.1, -0.05) is 0 Å². The standard InChI is InChI=1S/C12H11BrN2OS2/c13-10-5-9(6-18-10)1-2-11(16)15-12(7-14)3-4-17-8-12/h1-2,5-6H,3-4,8H2,(H,15,16)/b2-1+. The molecule has 1 N–H and O–H groups in total. The van der Waals surface area contributed by atoms with Crippen LogP contribution in [0.4, 0.5) is 0 Å². The van der Waals surface area contributed by atoms with E-state index in [4.69, 9.17) is 5.26 Å². The van der Waals surface area contributed by atoms with Crippen LogP contribution in [0, 0.1) is 11.3 Å². The topological polar surface area (TPSA) is 52.9 Å². The molecule has 0 saturated carbocycles. The number of thiophene rings is 1. The van der Waals surface area contributed by atoms with Crippen molar-refractivity contribution in [3.63, 3.8) is 0 Å².